The highest BCUT2D eigenvalue weighted by molar-refractivity contribution is 5.97. The van der Waals surface area contributed by atoms with E-state index in [1.807, 2.05) is 0 Å². The summed E-state index contributed by atoms with van der Waals surface area (Å²) in [7, 11) is 0. The molecule has 0 saturated carbocycles. The minimum Gasteiger partial charge on any atom is -0.502 e. The van der Waals surface area contributed by atoms with Gasteiger partial charge in [0.15, 0.2) is 5.75 Å². The molecule has 8 nitrogen and oxygen atoms in total. The normalized spacial score (nSPS) is 11.9. The van der Waals surface area contributed by atoms with Gasteiger partial charge in [0.25, 0.3) is 5.91 Å². The van der Waals surface area contributed by atoms with Crippen LogP contribution >= 0.6 is 0 Å². The van der Waals surface area contributed by atoms with E-state index in [1.54, 1.807) is 13.8 Å². The van der Waals surface area contributed by atoms with Gasteiger partial charge in [-0.3, -0.25) is 14.9 Å². The van der Waals surface area contributed by atoms with Crippen LogP contribution in [0.1, 0.15) is 24.2 Å². The number of rotatable bonds is 5. The molecule has 0 aliphatic rings. The van der Waals surface area contributed by atoms with Crippen LogP contribution in [-0.4, -0.2) is 33.1 Å². The molecule has 0 fully saturated rings. The molecule has 0 aliphatic heterocycles. The van der Waals surface area contributed by atoms with Crippen LogP contribution in [-0.2, 0) is 4.79 Å². The van der Waals surface area contributed by atoms with Crippen molar-refractivity contribution in [2.45, 2.75) is 19.9 Å². The van der Waals surface area contributed by atoms with Crippen molar-refractivity contribution >= 4 is 17.6 Å². The van der Waals surface area contributed by atoms with Crippen LogP contribution in [0.25, 0.3) is 0 Å². The highest BCUT2D eigenvalue weighted by Gasteiger charge is 2.25. The van der Waals surface area contributed by atoms with E-state index in [1.165, 1.54) is 6.07 Å². The third-order valence-electron chi connectivity index (χ3n) is 2.65. The third-order valence-corrected chi connectivity index (χ3v) is 2.65. The van der Waals surface area contributed by atoms with E-state index in [4.69, 9.17) is 5.11 Å². The van der Waals surface area contributed by atoms with Crippen molar-refractivity contribution < 1.29 is 24.7 Å². The first kappa shape index (κ1) is 15.4. The van der Waals surface area contributed by atoms with Gasteiger partial charge in [0.2, 0.25) is 0 Å². The Bertz CT molecular complexity index is 555. The first-order chi connectivity index (χ1) is 9.23. The molecule has 0 aromatic heterocycles. The maximum atomic E-state index is 11.9. The van der Waals surface area contributed by atoms with Gasteiger partial charge in [-0.05, 0) is 18.1 Å². The molecular weight excluding hydrogens is 268 g/mol. The number of nitro groups is 1. The number of hydrogen-bond acceptors (Lipinski definition) is 5. The summed E-state index contributed by atoms with van der Waals surface area (Å²) in [6, 6.07) is 1.98. The van der Waals surface area contributed by atoms with Crippen molar-refractivity contribution in [3.05, 3.63) is 33.9 Å². The van der Waals surface area contributed by atoms with Gasteiger partial charge >= 0.3 is 11.7 Å². The molecule has 0 radical (unpaired) electrons. The van der Waals surface area contributed by atoms with Gasteiger partial charge in [-0.2, -0.15) is 0 Å². The lowest BCUT2D eigenvalue weighted by atomic mass is 10.0. The van der Waals surface area contributed by atoms with E-state index in [9.17, 15) is 24.8 Å². The Labute approximate surface area is 114 Å². The fourth-order valence-electron chi connectivity index (χ4n) is 1.55. The highest BCUT2D eigenvalue weighted by atomic mass is 16.6. The Morgan fingerprint density at radius 2 is 1.95 bits per heavy atom. The second kappa shape index (κ2) is 6.00. The Morgan fingerprint density at radius 3 is 2.40 bits per heavy atom. The standard InChI is InChI=1S/C12H14N2O6/c1-6(2)10(12(17)18)13-11(16)7-3-4-9(15)8(5-7)14(19)20/h3-6,10,15H,1-2H3,(H,13,16)(H,17,18)/t10-/m1/s1. The number of carboxylic acids is 1. The number of carbonyl (C=O) groups excluding carboxylic acids is 1. The Balaban J connectivity index is 3.01. The number of aliphatic carboxylic acids is 1. The van der Waals surface area contributed by atoms with E-state index < -0.39 is 34.3 Å². The molecule has 0 spiro atoms. The van der Waals surface area contributed by atoms with Crippen LogP contribution in [0.4, 0.5) is 5.69 Å². The summed E-state index contributed by atoms with van der Waals surface area (Å²) in [5, 5.41) is 31.2. The number of nitrogens with zero attached hydrogens (tertiary/aromatic N) is 1. The summed E-state index contributed by atoms with van der Waals surface area (Å²) < 4.78 is 0. The molecule has 1 rings (SSSR count). The van der Waals surface area contributed by atoms with Gasteiger partial charge in [0.1, 0.15) is 6.04 Å². The zero-order valence-corrected chi connectivity index (χ0v) is 10.9. The number of aromatic hydroxyl groups is 1. The molecule has 1 aromatic carbocycles. The van der Waals surface area contributed by atoms with Gasteiger partial charge in [0, 0.05) is 11.6 Å². The maximum absolute atomic E-state index is 11.9. The van der Waals surface area contributed by atoms with Crippen LogP contribution in [0.15, 0.2) is 18.2 Å². The molecule has 1 atom stereocenters. The van der Waals surface area contributed by atoms with Crippen molar-refractivity contribution in [1.82, 2.24) is 5.32 Å². The van der Waals surface area contributed by atoms with Crippen molar-refractivity contribution in [2.24, 2.45) is 5.92 Å². The Kier molecular flexibility index (Phi) is 4.63. The van der Waals surface area contributed by atoms with E-state index >= 15 is 0 Å². The summed E-state index contributed by atoms with van der Waals surface area (Å²) in [6.07, 6.45) is 0. The van der Waals surface area contributed by atoms with Crippen molar-refractivity contribution in [3.63, 3.8) is 0 Å². The SMILES string of the molecule is CC(C)[C@@H](NC(=O)c1ccc(O)c([N+](=O)[O-])c1)C(=O)O. The number of phenols is 1. The predicted molar refractivity (Wildman–Crippen MR) is 68.5 cm³/mol. The van der Waals surface area contributed by atoms with E-state index in [0.717, 1.165) is 12.1 Å². The minimum atomic E-state index is -1.19. The zero-order valence-electron chi connectivity index (χ0n) is 10.9. The number of carbonyl (C=O) groups is 2. The Morgan fingerprint density at radius 1 is 1.35 bits per heavy atom. The lowest BCUT2D eigenvalue weighted by Crippen LogP contribution is -2.44. The molecular formula is C12H14N2O6. The summed E-state index contributed by atoms with van der Waals surface area (Å²) in [6.45, 7) is 3.25. The van der Waals surface area contributed by atoms with Crippen LogP contribution in [0, 0.1) is 16.0 Å². The van der Waals surface area contributed by atoms with E-state index in [-0.39, 0.29) is 11.5 Å². The molecule has 0 heterocycles. The van der Waals surface area contributed by atoms with Gasteiger partial charge in [-0.25, -0.2) is 4.79 Å². The largest absolute Gasteiger partial charge is 0.502 e. The number of carboxylic acid groups (broad SMARTS) is 1. The molecule has 1 amide bonds. The number of amides is 1. The average molecular weight is 282 g/mol. The zero-order chi connectivity index (χ0) is 15.4. The number of phenolic OH excluding ortho intramolecular Hbond substituents is 1. The lowest BCUT2D eigenvalue weighted by Gasteiger charge is -2.17. The first-order valence-electron chi connectivity index (χ1n) is 5.75. The number of benzene rings is 1. The average Bonchev–Trinajstić information content (AvgIpc) is 2.34. The molecule has 0 saturated heterocycles. The second-order valence-electron chi connectivity index (χ2n) is 4.49. The molecule has 0 unspecified atom stereocenters. The summed E-state index contributed by atoms with van der Waals surface area (Å²) in [4.78, 5) is 32.7. The van der Waals surface area contributed by atoms with Gasteiger partial charge in [0.05, 0.1) is 4.92 Å². The number of nitrogens with one attached hydrogen (secondary N) is 1. The lowest BCUT2D eigenvalue weighted by molar-refractivity contribution is -0.385. The topological polar surface area (TPSA) is 130 Å². The van der Waals surface area contributed by atoms with Crippen molar-refractivity contribution in [3.8, 4) is 5.75 Å². The molecule has 108 valence electrons. The first-order valence-corrected chi connectivity index (χ1v) is 5.75. The van der Waals surface area contributed by atoms with Crippen molar-refractivity contribution in [1.29, 1.82) is 0 Å². The maximum Gasteiger partial charge on any atom is 0.326 e. The summed E-state index contributed by atoms with van der Waals surface area (Å²) >= 11 is 0. The van der Waals surface area contributed by atoms with E-state index in [2.05, 4.69) is 5.32 Å². The molecule has 3 N–H and O–H groups in total. The van der Waals surface area contributed by atoms with Crippen LogP contribution in [0.3, 0.4) is 0 Å². The van der Waals surface area contributed by atoms with Gasteiger partial charge < -0.3 is 15.5 Å². The van der Waals surface area contributed by atoms with Gasteiger partial charge in [-0.1, -0.05) is 13.8 Å². The smallest absolute Gasteiger partial charge is 0.326 e. The van der Waals surface area contributed by atoms with Crippen molar-refractivity contribution in [2.75, 3.05) is 0 Å². The fraction of sp³-hybridized carbons (Fsp3) is 0.333. The van der Waals surface area contributed by atoms with Crippen LogP contribution < -0.4 is 5.32 Å². The monoisotopic (exact) mass is 282 g/mol. The summed E-state index contributed by atoms with van der Waals surface area (Å²) in [5.41, 5.74) is -0.713. The third kappa shape index (κ3) is 3.44. The van der Waals surface area contributed by atoms with Gasteiger partial charge in [-0.15, -0.1) is 0 Å². The van der Waals surface area contributed by atoms with Crippen LogP contribution in [0.5, 0.6) is 5.75 Å². The Hall–Kier alpha value is -2.64. The second-order valence-corrected chi connectivity index (χ2v) is 4.49. The summed E-state index contributed by atoms with van der Waals surface area (Å²) in [5.74, 6) is -2.86. The molecule has 1 aromatic rings. The van der Waals surface area contributed by atoms with E-state index in [0.29, 0.717) is 0 Å². The van der Waals surface area contributed by atoms with Crippen LogP contribution in [0.2, 0.25) is 0 Å². The molecule has 8 heteroatoms. The molecule has 0 aliphatic carbocycles. The fourth-order valence-corrected chi connectivity index (χ4v) is 1.55. The molecule has 20 heavy (non-hydrogen) atoms. The molecule has 0 bridgehead atoms. The number of nitro benzene ring substituents is 1. The quantitative estimate of drug-likeness (QED) is 0.548. The highest BCUT2D eigenvalue weighted by Crippen LogP contribution is 2.26. The minimum absolute atomic E-state index is 0.0959. The number of hydrogen-bond donors (Lipinski definition) is 3. The predicted octanol–water partition coefficient (Wildman–Crippen LogP) is 1.14.